The molecule has 25 heavy (non-hydrogen) atoms. The van der Waals surface area contributed by atoms with E-state index in [0.717, 1.165) is 43.8 Å². The maximum Gasteiger partial charge on any atom is 0.255 e. The van der Waals surface area contributed by atoms with Gasteiger partial charge in [0.15, 0.2) is 5.82 Å². The zero-order valence-electron chi connectivity index (χ0n) is 14.0. The molecule has 0 aromatic carbocycles. The summed E-state index contributed by atoms with van der Waals surface area (Å²) in [6, 6.07) is 1.68. The minimum absolute atomic E-state index is 0.104. The van der Waals surface area contributed by atoms with Crippen molar-refractivity contribution >= 4 is 5.71 Å². The van der Waals surface area contributed by atoms with Crippen LogP contribution >= 0.6 is 0 Å². The first kappa shape index (κ1) is 16.1. The van der Waals surface area contributed by atoms with E-state index in [1.165, 1.54) is 6.20 Å². The van der Waals surface area contributed by atoms with Gasteiger partial charge in [-0.15, -0.1) is 0 Å². The first-order valence-electron chi connectivity index (χ1n) is 8.67. The third kappa shape index (κ3) is 3.37. The van der Waals surface area contributed by atoms with Gasteiger partial charge in [0, 0.05) is 44.4 Å². The number of nitrogens with one attached hydrogen (secondary N) is 1. The summed E-state index contributed by atoms with van der Waals surface area (Å²) >= 11 is 0. The first-order chi connectivity index (χ1) is 12.2. The van der Waals surface area contributed by atoms with Gasteiger partial charge in [0.2, 0.25) is 0 Å². The largest absolute Gasteiger partial charge is 0.305 e. The van der Waals surface area contributed by atoms with Gasteiger partial charge in [-0.3, -0.25) is 19.7 Å². The van der Waals surface area contributed by atoms with Crippen LogP contribution in [0.2, 0.25) is 0 Å². The molecule has 0 saturated heterocycles. The standard InChI is InChI=1S/C18H20FN5O/c19-14-9-20-7-4-12(14)10-24-8-5-15-13(11-24)18(25)23-17(22-15)16-3-1-2-6-21-16/h4,7,9H,1-3,5-6,8,10-11H2,(H,22,23,25). The van der Waals surface area contributed by atoms with Crippen LogP contribution in [0.3, 0.4) is 0 Å². The fourth-order valence-electron chi connectivity index (χ4n) is 3.42. The van der Waals surface area contributed by atoms with Crippen molar-refractivity contribution in [1.29, 1.82) is 0 Å². The van der Waals surface area contributed by atoms with Crippen LogP contribution in [0.25, 0.3) is 0 Å². The van der Waals surface area contributed by atoms with E-state index in [0.29, 0.717) is 36.5 Å². The minimum Gasteiger partial charge on any atom is -0.305 e. The molecule has 0 unspecified atom stereocenters. The van der Waals surface area contributed by atoms with Crippen molar-refractivity contribution in [3.8, 4) is 0 Å². The number of fused-ring (bicyclic) bond motifs is 1. The predicted octanol–water partition coefficient (Wildman–Crippen LogP) is 1.84. The van der Waals surface area contributed by atoms with Gasteiger partial charge in [0.25, 0.3) is 5.56 Å². The third-order valence-electron chi connectivity index (χ3n) is 4.80. The zero-order chi connectivity index (χ0) is 17.2. The molecule has 0 radical (unpaired) electrons. The molecule has 7 heteroatoms. The predicted molar refractivity (Wildman–Crippen MR) is 92.1 cm³/mol. The Morgan fingerprint density at radius 2 is 2.20 bits per heavy atom. The highest BCUT2D eigenvalue weighted by atomic mass is 19.1. The van der Waals surface area contributed by atoms with Crippen LogP contribution in [0.4, 0.5) is 4.39 Å². The Kier molecular flexibility index (Phi) is 4.40. The lowest BCUT2D eigenvalue weighted by Crippen LogP contribution is -2.36. The Bertz CT molecular complexity index is 876. The summed E-state index contributed by atoms with van der Waals surface area (Å²) in [5.41, 5.74) is 2.93. The van der Waals surface area contributed by atoms with Crippen molar-refractivity contribution in [2.45, 2.75) is 38.8 Å². The van der Waals surface area contributed by atoms with Crippen LogP contribution in [0.5, 0.6) is 0 Å². The van der Waals surface area contributed by atoms with Gasteiger partial charge in [-0.1, -0.05) is 0 Å². The van der Waals surface area contributed by atoms with E-state index < -0.39 is 0 Å². The molecular formula is C18H20FN5O. The van der Waals surface area contributed by atoms with Crippen LogP contribution in [-0.2, 0) is 19.5 Å². The third-order valence-corrected chi connectivity index (χ3v) is 4.80. The molecule has 0 aliphatic carbocycles. The lowest BCUT2D eigenvalue weighted by molar-refractivity contribution is 0.238. The van der Waals surface area contributed by atoms with E-state index in [1.807, 2.05) is 0 Å². The number of hydrogen-bond acceptors (Lipinski definition) is 5. The maximum atomic E-state index is 13.8. The van der Waals surface area contributed by atoms with Crippen molar-refractivity contribution in [2.24, 2.45) is 4.99 Å². The Labute approximate surface area is 144 Å². The molecule has 2 aromatic rings. The number of rotatable bonds is 3. The molecule has 0 bridgehead atoms. The molecule has 1 N–H and O–H groups in total. The number of aliphatic imine (C=N–C) groups is 1. The van der Waals surface area contributed by atoms with Crippen LogP contribution in [0.15, 0.2) is 28.2 Å². The van der Waals surface area contributed by atoms with Gasteiger partial charge in [-0.2, -0.15) is 0 Å². The van der Waals surface area contributed by atoms with Gasteiger partial charge in [0.1, 0.15) is 5.82 Å². The Morgan fingerprint density at radius 1 is 1.28 bits per heavy atom. The number of nitrogens with zero attached hydrogens (tertiary/aromatic N) is 4. The highest BCUT2D eigenvalue weighted by Gasteiger charge is 2.23. The number of H-pyrrole nitrogens is 1. The summed E-state index contributed by atoms with van der Waals surface area (Å²) in [4.78, 5) is 30.4. The van der Waals surface area contributed by atoms with Crippen LogP contribution in [0, 0.1) is 5.82 Å². The summed E-state index contributed by atoms with van der Waals surface area (Å²) in [6.45, 7) is 2.49. The van der Waals surface area contributed by atoms with E-state index in [9.17, 15) is 9.18 Å². The fraction of sp³-hybridized carbons (Fsp3) is 0.444. The van der Waals surface area contributed by atoms with Crippen molar-refractivity contribution in [2.75, 3.05) is 13.1 Å². The second-order valence-corrected chi connectivity index (χ2v) is 6.55. The first-order valence-corrected chi connectivity index (χ1v) is 8.67. The van der Waals surface area contributed by atoms with Gasteiger partial charge >= 0.3 is 0 Å². The molecule has 0 atom stereocenters. The van der Waals surface area contributed by atoms with E-state index >= 15 is 0 Å². The molecule has 0 saturated carbocycles. The Morgan fingerprint density at radius 3 is 3.00 bits per heavy atom. The van der Waals surface area contributed by atoms with Gasteiger partial charge in [-0.25, -0.2) is 9.37 Å². The summed E-state index contributed by atoms with van der Waals surface area (Å²) in [7, 11) is 0. The van der Waals surface area contributed by atoms with E-state index in [-0.39, 0.29) is 11.4 Å². The van der Waals surface area contributed by atoms with E-state index in [1.54, 1.807) is 12.3 Å². The average molecular weight is 341 g/mol. The van der Waals surface area contributed by atoms with Crippen molar-refractivity contribution in [3.63, 3.8) is 0 Å². The minimum atomic E-state index is -0.314. The quantitative estimate of drug-likeness (QED) is 0.924. The highest BCUT2D eigenvalue weighted by molar-refractivity contribution is 5.97. The van der Waals surface area contributed by atoms with Gasteiger partial charge in [0.05, 0.1) is 23.2 Å². The lowest BCUT2D eigenvalue weighted by Gasteiger charge is -2.28. The Hall–Kier alpha value is -2.41. The molecular weight excluding hydrogens is 321 g/mol. The fourth-order valence-corrected chi connectivity index (χ4v) is 3.42. The topological polar surface area (TPSA) is 74.2 Å². The van der Waals surface area contributed by atoms with E-state index in [2.05, 4.69) is 24.8 Å². The number of aromatic amines is 1. The molecule has 4 heterocycles. The number of aromatic nitrogens is 3. The Balaban J connectivity index is 1.56. The summed E-state index contributed by atoms with van der Waals surface area (Å²) < 4.78 is 13.8. The smallest absolute Gasteiger partial charge is 0.255 e. The molecule has 2 aromatic heterocycles. The molecule has 6 nitrogen and oxygen atoms in total. The summed E-state index contributed by atoms with van der Waals surface area (Å²) in [5, 5.41) is 0. The van der Waals surface area contributed by atoms with Crippen molar-refractivity contribution < 1.29 is 4.39 Å². The second kappa shape index (κ2) is 6.84. The van der Waals surface area contributed by atoms with Crippen LogP contribution < -0.4 is 5.56 Å². The number of hydrogen-bond donors (Lipinski definition) is 1. The average Bonchev–Trinajstić information content (AvgIpc) is 2.65. The number of pyridine rings is 1. The normalized spacial score (nSPS) is 17.9. The molecule has 4 rings (SSSR count). The SMILES string of the molecule is O=c1[nH]c(C2=NCCCC2)nc2c1CN(Cc1ccncc1F)CC2. The van der Waals surface area contributed by atoms with Crippen LogP contribution in [0.1, 0.15) is 41.9 Å². The maximum absolute atomic E-state index is 13.8. The van der Waals surface area contributed by atoms with Gasteiger partial charge < -0.3 is 4.98 Å². The molecule has 0 amide bonds. The second-order valence-electron chi connectivity index (χ2n) is 6.55. The van der Waals surface area contributed by atoms with Crippen molar-refractivity contribution in [3.05, 3.63) is 57.3 Å². The number of halogens is 1. The monoisotopic (exact) mass is 341 g/mol. The molecule has 130 valence electrons. The molecule has 0 fully saturated rings. The molecule has 2 aliphatic rings. The summed E-state index contributed by atoms with van der Waals surface area (Å²) in [5.74, 6) is 0.308. The van der Waals surface area contributed by atoms with Gasteiger partial charge in [-0.05, 0) is 25.3 Å². The molecule has 0 spiro atoms. The highest BCUT2D eigenvalue weighted by Crippen LogP contribution is 2.18. The van der Waals surface area contributed by atoms with Crippen molar-refractivity contribution in [1.82, 2.24) is 19.9 Å². The lowest BCUT2D eigenvalue weighted by atomic mass is 10.0. The van der Waals surface area contributed by atoms with Crippen LogP contribution in [-0.4, -0.2) is 38.7 Å². The zero-order valence-corrected chi connectivity index (χ0v) is 14.0. The molecule has 2 aliphatic heterocycles. The van der Waals surface area contributed by atoms with E-state index in [4.69, 9.17) is 0 Å². The summed E-state index contributed by atoms with van der Waals surface area (Å²) in [6.07, 6.45) is 6.55.